The minimum absolute atomic E-state index is 0.293. The zero-order chi connectivity index (χ0) is 15.8. The van der Waals surface area contributed by atoms with E-state index in [0.717, 1.165) is 4.90 Å². The number of rotatable bonds is 7. The van der Waals surface area contributed by atoms with Crippen LogP contribution in [0.4, 0.5) is 10.5 Å². The fraction of sp³-hybridized carbons (Fsp3) is 0.200. The van der Waals surface area contributed by atoms with Crippen LogP contribution in [0.25, 0.3) is 0 Å². The summed E-state index contributed by atoms with van der Waals surface area (Å²) in [6, 6.07) is 6.04. The molecule has 5 nitrogen and oxygen atoms in total. The van der Waals surface area contributed by atoms with Crippen molar-refractivity contribution in [2.45, 2.75) is 0 Å². The Kier molecular flexibility index (Phi) is 6.49. The van der Waals surface area contributed by atoms with Crippen LogP contribution >= 0.6 is 11.6 Å². The van der Waals surface area contributed by atoms with Gasteiger partial charge in [0.1, 0.15) is 6.54 Å². The summed E-state index contributed by atoms with van der Waals surface area (Å²) in [5.41, 5.74) is 0.424. The molecule has 1 N–H and O–H groups in total. The van der Waals surface area contributed by atoms with Crippen molar-refractivity contribution in [2.24, 2.45) is 0 Å². The fourth-order valence-corrected chi connectivity index (χ4v) is 1.95. The molecule has 0 aliphatic carbocycles. The predicted molar refractivity (Wildman–Crippen MR) is 83.8 cm³/mol. The number of aliphatic carboxylic acids is 1. The van der Waals surface area contributed by atoms with Gasteiger partial charge >= 0.3 is 12.0 Å². The van der Waals surface area contributed by atoms with Crippen molar-refractivity contribution in [3.8, 4) is 0 Å². The number of benzene rings is 1. The molecule has 2 amide bonds. The SMILES string of the molecule is C=CCN(CC=C)C(=O)N(CC(=O)O)c1cccc(Cl)c1. The molecule has 0 spiro atoms. The van der Waals surface area contributed by atoms with Crippen molar-refractivity contribution in [3.05, 3.63) is 54.6 Å². The monoisotopic (exact) mass is 308 g/mol. The number of urea groups is 1. The van der Waals surface area contributed by atoms with Crippen LogP contribution in [0.15, 0.2) is 49.6 Å². The van der Waals surface area contributed by atoms with Gasteiger partial charge in [-0.15, -0.1) is 13.2 Å². The molecule has 0 unspecified atom stereocenters. The standard InChI is InChI=1S/C15H17ClN2O3/c1-3-8-17(9-4-2)15(21)18(11-14(19)20)13-7-5-6-12(16)10-13/h3-7,10H,1-2,8-9,11H2,(H,19,20). The summed E-state index contributed by atoms with van der Waals surface area (Å²) in [5.74, 6) is -1.11. The van der Waals surface area contributed by atoms with Crippen LogP contribution in [0.2, 0.25) is 5.02 Å². The number of carbonyl (C=O) groups excluding carboxylic acids is 1. The van der Waals surface area contributed by atoms with Crippen molar-refractivity contribution < 1.29 is 14.7 Å². The van der Waals surface area contributed by atoms with Crippen molar-refractivity contribution in [1.82, 2.24) is 4.90 Å². The normalized spacial score (nSPS) is 9.76. The Bertz CT molecular complexity index is 535. The van der Waals surface area contributed by atoms with E-state index in [0.29, 0.717) is 23.8 Å². The first-order valence-corrected chi connectivity index (χ1v) is 6.63. The first kappa shape index (κ1) is 16.8. The summed E-state index contributed by atoms with van der Waals surface area (Å²) in [7, 11) is 0. The third kappa shape index (κ3) is 4.96. The molecule has 0 aliphatic rings. The lowest BCUT2D eigenvalue weighted by molar-refractivity contribution is -0.135. The predicted octanol–water partition coefficient (Wildman–Crippen LogP) is 3.03. The third-order valence-corrected chi connectivity index (χ3v) is 2.85. The number of halogens is 1. The molecule has 112 valence electrons. The van der Waals surface area contributed by atoms with Crippen LogP contribution in [0.3, 0.4) is 0 Å². The molecule has 1 rings (SSSR count). The molecule has 0 fully saturated rings. The summed E-state index contributed by atoms with van der Waals surface area (Å²) in [5, 5.41) is 9.44. The average Bonchev–Trinajstić information content (AvgIpc) is 2.43. The van der Waals surface area contributed by atoms with Gasteiger partial charge in [-0.1, -0.05) is 29.8 Å². The third-order valence-electron chi connectivity index (χ3n) is 2.61. The maximum Gasteiger partial charge on any atom is 0.325 e. The molecular weight excluding hydrogens is 292 g/mol. The van der Waals surface area contributed by atoms with Crippen LogP contribution in [-0.2, 0) is 4.79 Å². The number of carboxylic acid groups (broad SMARTS) is 1. The molecule has 6 heteroatoms. The van der Waals surface area contributed by atoms with Crippen LogP contribution in [-0.4, -0.2) is 41.6 Å². The Balaban J connectivity index is 3.10. The first-order valence-electron chi connectivity index (χ1n) is 6.25. The van der Waals surface area contributed by atoms with Crippen molar-refractivity contribution in [1.29, 1.82) is 0 Å². The molecule has 0 radical (unpaired) electrons. The minimum Gasteiger partial charge on any atom is -0.480 e. The van der Waals surface area contributed by atoms with Crippen LogP contribution in [0.1, 0.15) is 0 Å². The molecule has 0 atom stereocenters. The van der Waals surface area contributed by atoms with E-state index < -0.39 is 18.5 Å². The number of carbonyl (C=O) groups is 2. The van der Waals surface area contributed by atoms with Gasteiger partial charge in [-0.05, 0) is 18.2 Å². The van der Waals surface area contributed by atoms with Gasteiger partial charge in [0.25, 0.3) is 0 Å². The van der Waals surface area contributed by atoms with Crippen LogP contribution < -0.4 is 4.90 Å². The second-order valence-corrected chi connectivity index (χ2v) is 4.66. The summed E-state index contributed by atoms with van der Waals surface area (Å²) in [6.07, 6.45) is 3.14. The summed E-state index contributed by atoms with van der Waals surface area (Å²) < 4.78 is 0. The zero-order valence-corrected chi connectivity index (χ0v) is 12.3. The molecule has 0 aliphatic heterocycles. The minimum atomic E-state index is -1.11. The summed E-state index contributed by atoms with van der Waals surface area (Å²) in [4.78, 5) is 26.1. The van der Waals surface area contributed by atoms with E-state index in [-0.39, 0.29) is 0 Å². The number of nitrogens with zero attached hydrogens (tertiary/aromatic N) is 2. The quantitative estimate of drug-likeness (QED) is 0.788. The average molecular weight is 309 g/mol. The Labute approximate surface area is 128 Å². The van der Waals surface area contributed by atoms with Gasteiger partial charge in [0.15, 0.2) is 0 Å². The van der Waals surface area contributed by atoms with Gasteiger partial charge < -0.3 is 10.0 Å². The number of hydrogen-bond donors (Lipinski definition) is 1. The highest BCUT2D eigenvalue weighted by atomic mass is 35.5. The fourth-order valence-electron chi connectivity index (χ4n) is 1.76. The highest BCUT2D eigenvalue weighted by Gasteiger charge is 2.23. The molecule has 1 aromatic carbocycles. The second kappa shape index (κ2) is 8.11. The molecule has 0 heterocycles. The number of carboxylic acids is 1. The van der Waals surface area contributed by atoms with Crippen molar-refractivity contribution in [3.63, 3.8) is 0 Å². The Morgan fingerprint density at radius 2 is 1.86 bits per heavy atom. The lowest BCUT2D eigenvalue weighted by atomic mass is 10.3. The molecule has 21 heavy (non-hydrogen) atoms. The lowest BCUT2D eigenvalue weighted by Gasteiger charge is -2.28. The highest BCUT2D eigenvalue weighted by Crippen LogP contribution is 2.20. The molecule has 0 aromatic heterocycles. The van der Waals surface area contributed by atoms with E-state index in [2.05, 4.69) is 13.2 Å². The second-order valence-electron chi connectivity index (χ2n) is 4.22. The van der Waals surface area contributed by atoms with Crippen molar-refractivity contribution in [2.75, 3.05) is 24.5 Å². The first-order chi connectivity index (χ1) is 9.99. The van der Waals surface area contributed by atoms with E-state index >= 15 is 0 Å². The van der Waals surface area contributed by atoms with Gasteiger partial charge in [0.05, 0.1) is 0 Å². The maximum absolute atomic E-state index is 12.5. The summed E-state index contributed by atoms with van der Waals surface area (Å²) in [6.45, 7) is 7.31. The molecule has 0 bridgehead atoms. The zero-order valence-electron chi connectivity index (χ0n) is 11.5. The van der Waals surface area contributed by atoms with Gasteiger partial charge in [-0.25, -0.2) is 4.79 Å². The Hall–Kier alpha value is -2.27. The van der Waals surface area contributed by atoms with E-state index in [9.17, 15) is 9.59 Å². The Morgan fingerprint density at radius 3 is 2.33 bits per heavy atom. The summed E-state index contributed by atoms with van der Waals surface area (Å²) >= 11 is 5.90. The molecular formula is C15H17ClN2O3. The molecule has 1 aromatic rings. The van der Waals surface area contributed by atoms with Crippen molar-refractivity contribution >= 4 is 29.3 Å². The van der Waals surface area contributed by atoms with E-state index in [1.165, 1.54) is 4.90 Å². The number of amides is 2. The van der Waals surface area contributed by atoms with E-state index in [1.807, 2.05) is 0 Å². The van der Waals surface area contributed by atoms with E-state index in [1.54, 1.807) is 36.4 Å². The van der Waals surface area contributed by atoms with Gasteiger partial charge in [-0.3, -0.25) is 9.69 Å². The van der Waals surface area contributed by atoms with E-state index in [4.69, 9.17) is 16.7 Å². The number of hydrogen-bond acceptors (Lipinski definition) is 2. The molecule has 0 saturated heterocycles. The van der Waals surface area contributed by atoms with Gasteiger partial charge in [-0.2, -0.15) is 0 Å². The Morgan fingerprint density at radius 1 is 1.24 bits per heavy atom. The highest BCUT2D eigenvalue weighted by molar-refractivity contribution is 6.30. The maximum atomic E-state index is 12.5. The smallest absolute Gasteiger partial charge is 0.325 e. The molecule has 0 saturated carbocycles. The largest absolute Gasteiger partial charge is 0.480 e. The van der Waals surface area contributed by atoms with Crippen LogP contribution in [0, 0.1) is 0 Å². The van der Waals surface area contributed by atoms with Gasteiger partial charge in [0.2, 0.25) is 0 Å². The topological polar surface area (TPSA) is 60.9 Å². The van der Waals surface area contributed by atoms with Crippen LogP contribution in [0.5, 0.6) is 0 Å². The van der Waals surface area contributed by atoms with Gasteiger partial charge in [0, 0.05) is 23.8 Å². The number of anilines is 1. The lowest BCUT2D eigenvalue weighted by Crippen LogP contribution is -2.45.